The molecule has 0 aliphatic heterocycles. The van der Waals surface area contributed by atoms with Crippen LogP contribution in [0.1, 0.15) is 0 Å². The largest absolute Gasteiger partial charge is 0.248 e. The summed E-state index contributed by atoms with van der Waals surface area (Å²) in [4.78, 5) is 5.23. The van der Waals surface area contributed by atoms with E-state index in [1.54, 1.807) is 0 Å². The van der Waals surface area contributed by atoms with Crippen molar-refractivity contribution in [2.75, 3.05) is 0 Å². The van der Waals surface area contributed by atoms with Crippen LogP contribution >= 0.6 is 0 Å². The molecule has 0 atom stereocenters. The molecule has 8 aromatic rings. The van der Waals surface area contributed by atoms with Crippen molar-refractivity contribution in [2.24, 2.45) is 0 Å². The maximum Gasteiger partial charge on any atom is 0.0715 e. The summed E-state index contributed by atoms with van der Waals surface area (Å²) in [6, 6.07) is 58.5. The van der Waals surface area contributed by atoms with E-state index in [9.17, 15) is 0 Å². The van der Waals surface area contributed by atoms with E-state index in [0.717, 1.165) is 22.2 Å². The van der Waals surface area contributed by atoms with Gasteiger partial charge in [-0.2, -0.15) is 0 Å². The van der Waals surface area contributed by atoms with Gasteiger partial charge >= 0.3 is 0 Å². The number of benzene rings is 7. The molecule has 42 heavy (non-hydrogen) atoms. The molecule has 0 aliphatic rings. The smallest absolute Gasteiger partial charge is 0.0715 e. The van der Waals surface area contributed by atoms with Gasteiger partial charge in [0.2, 0.25) is 0 Å². The first-order valence-corrected chi connectivity index (χ1v) is 14.4. The van der Waals surface area contributed by atoms with Crippen molar-refractivity contribution >= 4 is 32.4 Å². The second-order valence-corrected chi connectivity index (χ2v) is 10.7. The van der Waals surface area contributed by atoms with Crippen LogP contribution in [0.4, 0.5) is 0 Å². The summed E-state index contributed by atoms with van der Waals surface area (Å²) in [5, 5.41) is 6.11. The average molecular weight is 534 g/mol. The van der Waals surface area contributed by atoms with Gasteiger partial charge in [-0.25, -0.2) is 4.98 Å². The summed E-state index contributed by atoms with van der Waals surface area (Å²) < 4.78 is 0. The zero-order valence-electron chi connectivity index (χ0n) is 23.0. The molecule has 0 fully saturated rings. The predicted molar refractivity (Wildman–Crippen MR) is 178 cm³/mol. The highest BCUT2D eigenvalue weighted by atomic mass is 14.7. The van der Waals surface area contributed by atoms with Gasteiger partial charge < -0.3 is 0 Å². The Bertz CT molecular complexity index is 2230. The molecule has 0 amide bonds. The van der Waals surface area contributed by atoms with Gasteiger partial charge in [0.25, 0.3) is 0 Å². The molecule has 8 rings (SSSR count). The molecule has 196 valence electrons. The summed E-state index contributed by atoms with van der Waals surface area (Å²) in [6.07, 6.45) is 0. The standard InChI is InChI=1S/C41H27N/c1-3-12-28(13-4-1)30-22-24-37(34-18-9-7-16-32(30)34)36-20-11-21-40-39(36)26-27-41(42-40)38-25-23-31(29-14-5-2-6-15-29)33-17-8-10-19-35(33)38/h1-27H. The lowest BCUT2D eigenvalue weighted by atomic mass is 9.90. The van der Waals surface area contributed by atoms with Crippen molar-refractivity contribution in [1.29, 1.82) is 0 Å². The van der Waals surface area contributed by atoms with E-state index in [0.29, 0.717) is 0 Å². The Labute approximate surface area is 245 Å². The molecule has 0 bridgehead atoms. The van der Waals surface area contributed by atoms with Gasteiger partial charge in [0, 0.05) is 10.9 Å². The summed E-state index contributed by atoms with van der Waals surface area (Å²) in [5.41, 5.74) is 10.5. The number of pyridine rings is 1. The molecule has 0 saturated heterocycles. The van der Waals surface area contributed by atoms with Crippen molar-refractivity contribution in [3.05, 3.63) is 164 Å². The minimum Gasteiger partial charge on any atom is -0.248 e. The predicted octanol–water partition coefficient (Wildman–Crippen LogP) is 11.2. The fourth-order valence-corrected chi connectivity index (χ4v) is 6.34. The fraction of sp³-hybridized carbons (Fsp3) is 0. The highest BCUT2D eigenvalue weighted by Gasteiger charge is 2.14. The van der Waals surface area contributed by atoms with Crippen LogP contribution in [0.15, 0.2) is 164 Å². The Kier molecular flexibility index (Phi) is 5.86. The van der Waals surface area contributed by atoms with Gasteiger partial charge in [-0.1, -0.05) is 152 Å². The lowest BCUT2D eigenvalue weighted by Crippen LogP contribution is -1.91. The summed E-state index contributed by atoms with van der Waals surface area (Å²) in [7, 11) is 0. The normalized spacial score (nSPS) is 11.3. The lowest BCUT2D eigenvalue weighted by Gasteiger charge is -2.15. The molecule has 1 nitrogen and oxygen atoms in total. The van der Waals surface area contributed by atoms with Crippen molar-refractivity contribution < 1.29 is 0 Å². The number of fused-ring (bicyclic) bond motifs is 3. The van der Waals surface area contributed by atoms with E-state index in [1.165, 1.54) is 54.9 Å². The number of hydrogen-bond acceptors (Lipinski definition) is 1. The Morgan fingerprint density at radius 3 is 1.31 bits per heavy atom. The third-order valence-electron chi connectivity index (χ3n) is 8.32. The summed E-state index contributed by atoms with van der Waals surface area (Å²) in [5.74, 6) is 0. The first-order chi connectivity index (χ1) is 20.8. The van der Waals surface area contributed by atoms with E-state index < -0.39 is 0 Å². The van der Waals surface area contributed by atoms with E-state index >= 15 is 0 Å². The fourth-order valence-electron chi connectivity index (χ4n) is 6.34. The third-order valence-corrected chi connectivity index (χ3v) is 8.32. The molecule has 1 aromatic heterocycles. The van der Waals surface area contributed by atoms with Crippen LogP contribution < -0.4 is 0 Å². The molecular weight excluding hydrogens is 506 g/mol. The Morgan fingerprint density at radius 2 is 0.714 bits per heavy atom. The maximum atomic E-state index is 5.23. The highest BCUT2D eigenvalue weighted by Crippen LogP contribution is 2.40. The van der Waals surface area contributed by atoms with Gasteiger partial charge in [0.05, 0.1) is 11.2 Å². The van der Waals surface area contributed by atoms with Gasteiger partial charge in [0.15, 0.2) is 0 Å². The zero-order valence-corrected chi connectivity index (χ0v) is 23.0. The highest BCUT2D eigenvalue weighted by molar-refractivity contribution is 6.10. The molecule has 0 spiro atoms. The maximum absolute atomic E-state index is 5.23. The van der Waals surface area contributed by atoms with Gasteiger partial charge in [-0.05, 0) is 67.1 Å². The first kappa shape index (κ1) is 24.3. The third kappa shape index (κ3) is 4.06. The molecular formula is C41H27N. The monoisotopic (exact) mass is 533 g/mol. The van der Waals surface area contributed by atoms with Crippen LogP contribution in [0, 0.1) is 0 Å². The van der Waals surface area contributed by atoms with Gasteiger partial charge in [-0.3, -0.25) is 0 Å². The molecule has 1 heterocycles. The van der Waals surface area contributed by atoms with Crippen molar-refractivity contribution in [3.8, 4) is 44.6 Å². The van der Waals surface area contributed by atoms with Gasteiger partial charge in [-0.15, -0.1) is 0 Å². The van der Waals surface area contributed by atoms with Crippen molar-refractivity contribution in [2.45, 2.75) is 0 Å². The Balaban J connectivity index is 1.28. The van der Waals surface area contributed by atoms with Crippen LogP contribution in [-0.2, 0) is 0 Å². The van der Waals surface area contributed by atoms with E-state index in [-0.39, 0.29) is 0 Å². The van der Waals surface area contributed by atoms with E-state index in [4.69, 9.17) is 4.98 Å². The number of aromatic nitrogens is 1. The lowest BCUT2D eigenvalue weighted by molar-refractivity contribution is 1.41. The van der Waals surface area contributed by atoms with E-state index in [2.05, 4.69) is 164 Å². The van der Waals surface area contributed by atoms with E-state index in [1.807, 2.05) is 0 Å². The van der Waals surface area contributed by atoms with Crippen LogP contribution in [-0.4, -0.2) is 4.98 Å². The first-order valence-electron chi connectivity index (χ1n) is 14.4. The van der Waals surface area contributed by atoms with Crippen LogP contribution in [0.2, 0.25) is 0 Å². The minimum atomic E-state index is 0.986. The second-order valence-electron chi connectivity index (χ2n) is 10.7. The molecule has 0 saturated carbocycles. The zero-order chi connectivity index (χ0) is 27.9. The number of rotatable bonds is 4. The van der Waals surface area contributed by atoms with Gasteiger partial charge in [0.1, 0.15) is 0 Å². The quantitative estimate of drug-likeness (QED) is 0.219. The summed E-state index contributed by atoms with van der Waals surface area (Å²) in [6.45, 7) is 0. The second kappa shape index (κ2) is 10.1. The molecule has 1 heteroatoms. The molecule has 0 unspecified atom stereocenters. The van der Waals surface area contributed by atoms with Crippen LogP contribution in [0.3, 0.4) is 0 Å². The van der Waals surface area contributed by atoms with Crippen molar-refractivity contribution in [1.82, 2.24) is 4.98 Å². The van der Waals surface area contributed by atoms with Crippen molar-refractivity contribution in [3.63, 3.8) is 0 Å². The Hall–Kier alpha value is -5.53. The molecule has 0 radical (unpaired) electrons. The summed E-state index contributed by atoms with van der Waals surface area (Å²) >= 11 is 0. The van der Waals surface area contributed by atoms with Crippen LogP contribution in [0.5, 0.6) is 0 Å². The number of nitrogens with zero attached hydrogens (tertiary/aromatic N) is 1. The average Bonchev–Trinajstić information content (AvgIpc) is 3.07. The molecule has 7 aromatic carbocycles. The SMILES string of the molecule is c1ccc(-c2ccc(-c3ccc4c(-c5ccc(-c6ccccc6)c6ccccc56)cccc4n3)c3ccccc23)cc1. The minimum absolute atomic E-state index is 0.986. The van der Waals surface area contributed by atoms with Crippen LogP contribution in [0.25, 0.3) is 77.1 Å². The molecule has 0 aliphatic carbocycles. The topological polar surface area (TPSA) is 12.9 Å². The Morgan fingerprint density at radius 1 is 0.262 bits per heavy atom. The molecule has 0 N–H and O–H groups in total. The number of hydrogen-bond donors (Lipinski definition) is 0.